The zero-order valence-electron chi connectivity index (χ0n) is 9.62. The van der Waals surface area contributed by atoms with Gasteiger partial charge >= 0.3 is 0 Å². The van der Waals surface area contributed by atoms with Crippen molar-refractivity contribution in [3.8, 4) is 0 Å². The molecule has 0 aromatic rings. The van der Waals surface area contributed by atoms with Crippen LogP contribution >= 0.6 is 0 Å². The predicted molar refractivity (Wildman–Crippen MR) is 59.7 cm³/mol. The van der Waals surface area contributed by atoms with Gasteiger partial charge in [-0.25, -0.2) is 5.01 Å². The van der Waals surface area contributed by atoms with Crippen LogP contribution in [0.1, 0.15) is 33.6 Å². The topological polar surface area (TPSA) is 23.6 Å². The molecule has 0 rings (SSSR count). The summed E-state index contributed by atoms with van der Waals surface area (Å²) < 4.78 is 0. The van der Waals surface area contributed by atoms with Gasteiger partial charge in [-0.15, -0.1) is 0 Å². The van der Waals surface area contributed by atoms with Gasteiger partial charge in [-0.1, -0.05) is 33.8 Å². The molecule has 0 unspecified atom stereocenters. The zero-order valence-corrected chi connectivity index (χ0v) is 9.62. The molecule has 0 aromatic carbocycles. The Morgan fingerprint density at radius 2 is 1.86 bits per heavy atom. The van der Waals surface area contributed by atoms with Crippen molar-refractivity contribution < 1.29 is 4.79 Å². The summed E-state index contributed by atoms with van der Waals surface area (Å²) in [5.41, 5.74) is 0. The van der Waals surface area contributed by atoms with Gasteiger partial charge in [0.25, 0.3) is 5.91 Å². The summed E-state index contributed by atoms with van der Waals surface area (Å²) >= 11 is 0. The molecule has 3 nitrogen and oxygen atoms in total. The van der Waals surface area contributed by atoms with Crippen LogP contribution in [0.5, 0.6) is 0 Å². The number of carbonyl (C=O) groups excluding carboxylic acids is 1. The lowest BCUT2D eigenvalue weighted by molar-refractivity contribution is -0.143. The lowest BCUT2D eigenvalue weighted by Crippen LogP contribution is -2.46. The fourth-order valence-corrected chi connectivity index (χ4v) is 1.37. The lowest BCUT2D eigenvalue weighted by Gasteiger charge is -2.32. The van der Waals surface area contributed by atoms with E-state index < -0.39 is 0 Å². The first-order chi connectivity index (χ1) is 6.71. The summed E-state index contributed by atoms with van der Waals surface area (Å²) in [6, 6.07) is 0. The van der Waals surface area contributed by atoms with Crippen molar-refractivity contribution in [2.75, 3.05) is 19.6 Å². The molecule has 3 heteroatoms. The highest BCUT2D eigenvalue weighted by Gasteiger charge is 2.15. The van der Waals surface area contributed by atoms with E-state index >= 15 is 0 Å². The monoisotopic (exact) mass is 198 g/mol. The van der Waals surface area contributed by atoms with Gasteiger partial charge in [0.1, 0.15) is 0 Å². The Labute approximate surface area is 87.4 Å². The van der Waals surface area contributed by atoms with Gasteiger partial charge in [0, 0.05) is 19.6 Å². The van der Waals surface area contributed by atoms with E-state index in [-0.39, 0.29) is 5.91 Å². The van der Waals surface area contributed by atoms with Crippen LogP contribution in [-0.4, -0.2) is 35.6 Å². The molecule has 1 amide bonds. The number of carbonyl (C=O) groups is 1. The van der Waals surface area contributed by atoms with Gasteiger partial charge in [0.2, 0.25) is 0 Å². The molecule has 0 aliphatic carbocycles. The van der Waals surface area contributed by atoms with E-state index in [2.05, 4.69) is 27.4 Å². The first-order valence-electron chi connectivity index (χ1n) is 5.39. The van der Waals surface area contributed by atoms with Crippen molar-refractivity contribution in [3.05, 3.63) is 12.7 Å². The summed E-state index contributed by atoms with van der Waals surface area (Å²) in [7, 11) is 0. The molecule has 0 aliphatic rings. The van der Waals surface area contributed by atoms with E-state index in [0.29, 0.717) is 0 Å². The Balaban J connectivity index is 4.35. The Morgan fingerprint density at radius 3 is 2.21 bits per heavy atom. The Hall–Kier alpha value is -0.830. The van der Waals surface area contributed by atoms with E-state index in [1.165, 1.54) is 6.08 Å². The van der Waals surface area contributed by atoms with Gasteiger partial charge < -0.3 is 0 Å². The standard InChI is InChI=1S/C11H22N2O/c1-5-9-10-13(11(14)6-2)12(7-3)8-4/h6H,2,5,7-10H2,1,3-4H3. The van der Waals surface area contributed by atoms with Gasteiger partial charge in [-0.05, 0) is 12.5 Å². The molecular weight excluding hydrogens is 176 g/mol. The molecule has 0 aliphatic heterocycles. The van der Waals surface area contributed by atoms with Crippen molar-refractivity contribution in [2.24, 2.45) is 0 Å². The molecule has 0 fully saturated rings. The summed E-state index contributed by atoms with van der Waals surface area (Å²) in [4.78, 5) is 11.5. The Morgan fingerprint density at radius 1 is 1.29 bits per heavy atom. The molecule has 0 N–H and O–H groups in total. The summed E-state index contributed by atoms with van der Waals surface area (Å²) in [5, 5.41) is 3.83. The highest BCUT2D eigenvalue weighted by atomic mass is 16.2. The van der Waals surface area contributed by atoms with Crippen molar-refractivity contribution in [1.82, 2.24) is 10.0 Å². The number of rotatable bonds is 7. The second kappa shape index (κ2) is 7.56. The first kappa shape index (κ1) is 13.2. The fraction of sp³-hybridized carbons (Fsp3) is 0.727. The highest BCUT2D eigenvalue weighted by molar-refractivity contribution is 5.86. The second-order valence-corrected chi connectivity index (χ2v) is 3.16. The van der Waals surface area contributed by atoms with E-state index in [4.69, 9.17) is 0 Å². The van der Waals surface area contributed by atoms with Crippen molar-refractivity contribution in [1.29, 1.82) is 0 Å². The SMILES string of the molecule is C=CC(=O)N(CCCC)N(CC)CC. The second-order valence-electron chi connectivity index (χ2n) is 3.16. The molecule has 0 spiro atoms. The van der Waals surface area contributed by atoms with Crippen LogP contribution in [-0.2, 0) is 4.79 Å². The Bertz CT molecular complexity index is 176. The van der Waals surface area contributed by atoms with Crippen LogP contribution < -0.4 is 0 Å². The van der Waals surface area contributed by atoms with Crippen LogP contribution in [0.3, 0.4) is 0 Å². The first-order valence-corrected chi connectivity index (χ1v) is 5.39. The number of nitrogens with zero attached hydrogens (tertiary/aromatic N) is 2. The van der Waals surface area contributed by atoms with Crippen molar-refractivity contribution >= 4 is 5.91 Å². The van der Waals surface area contributed by atoms with Crippen molar-refractivity contribution in [3.63, 3.8) is 0 Å². The van der Waals surface area contributed by atoms with Gasteiger partial charge in [-0.2, -0.15) is 0 Å². The predicted octanol–water partition coefficient (Wildman–Crippen LogP) is 2.06. The van der Waals surface area contributed by atoms with Gasteiger partial charge in [0.15, 0.2) is 0 Å². The largest absolute Gasteiger partial charge is 0.272 e. The maximum Gasteiger partial charge on any atom is 0.260 e. The minimum absolute atomic E-state index is 0.00199. The lowest BCUT2D eigenvalue weighted by atomic mass is 10.3. The maximum absolute atomic E-state index is 11.5. The number of hydrogen-bond acceptors (Lipinski definition) is 2. The molecule has 0 heterocycles. The van der Waals surface area contributed by atoms with E-state index in [1.807, 2.05) is 5.01 Å². The molecule has 82 valence electrons. The van der Waals surface area contributed by atoms with Crippen LogP contribution in [0.15, 0.2) is 12.7 Å². The third-order valence-corrected chi connectivity index (χ3v) is 2.22. The van der Waals surface area contributed by atoms with E-state index in [9.17, 15) is 4.79 Å². The average Bonchev–Trinajstić information content (AvgIpc) is 2.23. The number of unbranched alkanes of at least 4 members (excludes halogenated alkanes) is 1. The quantitative estimate of drug-likeness (QED) is 0.462. The van der Waals surface area contributed by atoms with Crippen LogP contribution in [0.25, 0.3) is 0 Å². The minimum Gasteiger partial charge on any atom is -0.272 e. The van der Waals surface area contributed by atoms with Crippen LogP contribution in [0.4, 0.5) is 0 Å². The molecular formula is C11H22N2O. The third kappa shape index (κ3) is 3.92. The maximum atomic E-state index is 11.5. The van der Waals surface area contributed by atoms with Gasteiger partial charge in [-0.3, -0.25) is 9.80 Å². The molecule has 0 aromatic heterocycles. The third-order valence-electron chi connectivity index (χ3n) is 2.22. The molecule has 0 saturated carbocycles. The minimum atomic E-state index is 0.00199. The molecule has 0 radical (unpaired) electrons. The number of hydrogen-bond donors (Lipinski definition) is 0. The molecule has 0 saturated heterocycles. The average molecular weight is 198 g/mol. The van der Waals surface area contributed by atoms with E-state index in [1.54, 1.807) is 5.01 Å². The Kier molecular flexibility index (Phi) is 7.11. The summed E-state index contributed by atoms with van der Waals surface area (Å²) in [6.07, 6.45) is 3.52. The van der Waals surface area contributed by atoms with Crippen molar-refractivity contribution in [2.45, 2.75) is 33.6 Å². The van der Waals surface area contributed by atoms with E-state index in [0.717, 1.165) is 32.5 Å². The van der Waals surface area contributed by atoms with Gasteiger partial charge in [0.05, 0.1) is 0 Å². The number of amides is 1. The van der Waals surface area contributed by atoms with Crippen LogP contribution in [0, 0.1) is 0 Å². The zero-order chi connectivity index (χ0) is 11.0. The molecule has 14 heavy (non-hydrogen) atoms. The molecule has 0 bridgehead atoms. The van der Waals surface area contributed by atoms with Crippen LogP contribution in [0.2, 0.25) is 0 Å². The molecule has 0 atom stereocenters. The summed E-state index contributed by atoms with van der Waals surface area (Å²) in [5.74, 6) is 0.00199. The highest BCUT2D eigenvalue weighted by Crippen LogP contribution is 2.02. The smallest absolute Gasteiger partial charge is 0.260 e. The fourth-order valence-electron chi connectivity index (χ4n) is 1.37. The number of hydrazine groups is 1. The summed E-state index contributed by atoms with van der Waals surface area (Å²) in [6.45, 7) is 12.3. The normalized spacial score (nSPS) is 10.3.